The van der Waals surface area contributed by atoms with Crippen LogP contribution in [0.15, 0.2) is 66.7 Å². The van der Waals surface area contributed by atoms with Crippen LogP contribution in [0.3, 0.4) is 0 Å². The lowest BCUT2D eigenvalue weighted by Gasteiger charge is -2.31. The summed E-state index contributed by atoms with van der Waals surface area (Å²) in [7, 11) is 0. The highest BCUT2D eigenvalue weighted by Gasteiger charge is 2.32. The van der Waals surface area contributed by atoms with Gasteiger partial charge in [0.05, 0.1) is 0 Å². The fraction of sp³-hybridized carbons (Fsp3) is 0.267. The summed E-state index contributed by atoms with van der Waals surface area (Å²) in [5, 5.41) is 11.7. The molecule has 2 aliphatic heterocycles. The fourth-order valence-electron chi connectivity index (χ4n) is 5.36. The number of aromatic hydroxyl groups is 1. The number of nitrogens with zero attached hydrogens (tertiary/aromatic N) is 1. The van der Waals surface area contributed by atoms with Crippen LogP contribution in [0.25, 0.3) is 21.9 Å². The number of hydrogen-bond acceptors (Lipinski definition) is 4. The first kappa shape index (κ1) is 22.8. The van der Waals surface area contributed by atoms with Crippen LogP contribution < -0.4 is 9.47 Å². The highest BCUT2D eigenvalue weighted by molar-refractivity contribution is 5.95. The summed E-state index contributed by atoms with van der Waals surface area (Å²) in [6.45, 7) is 3.80. The van der Waals surface area contributed by atoms with Crippen molar-refractivity contribution in [3.05, 3.63) is 89.5 Å². The minimum Gasteiger partial charge on any atom is -0.508 e. The maximum absolute atomic E-state index is 14.8. The van der Waals surface area contributed by atoms with E-state index in [0.717, 1.165) is 53.3 Å². The molecule has 4 nitrogen and oxygen atoms in total. The molecule has 6 heteroatoms. The molecular formula is C30H27F2NO3. The van der Waals surface area contributed by atoms with Crippen molar-refractivity contribution < 1.29 is 23.4 Å². The molecule has 2 heterocycles. The van der Waals surface area contributed by atoms with E-state index in [1.165, 1.54) is 25.3 Å². The molecule has 0 unspecified atom stereocenters. The van der Waals surface area contributed by atoms with Crippen molar-refractivity contribution in [2.45, 2.75) is 25.4 Å². The number of phenolic OH excluding ortho intramolecular Hbond substituents is 1. The molecule has 0 amide bonds. The standard InChI is InChI=1S/C30H27F2NO3/c31-21-17-26-25-10-6-20-16-22(34)7-11-24(20)28(25)29(36-30(26)27(32)18-21)19-4-8-23(9-5-19)35-15-14-33-12-2-1-3-13-33/h4-11,16-18,29,34H,1-3,12-15H2/t29-/m1/s1. The summed E-state index contributed by atoms with van der Waals surface area (Å²) in [6.07, 6.45) is 3.21. The van der Waals surface area contributed by atoms with Crippen LogP contribution in [0.5, 0.6) is 17.2 Å². The molecule has 184 valence electrons. The van der Waals surface area contributed by atoms with Crippen LogP contribution in [-0.2, 0) is 0 Å². The molecule has 0 radical (unpaired) electrons. The first-order valence-electron chi connectivity index (χ1n) is 12.4. The number of ether oxygens (including phenoxy) is 2. The van der Waals surface area contributed by atoms with E-state index in [0.29, 0.717) is 17.7 Å². The van der Waals surface area contributed by atoms with Crippen molar-refractivity contribution in [3.63, 3.8) is 0 Å². The Labute approximate surface area is 208 Å². The summed E-state index contributed by atoms with van der Waals surface area (Å²) in [5.74, 6) is -0.434. The van der Waals surface area contributed by atoms with Gasteiger partial charge in [-0.1, -0.05) is 36.8 Å². The number of rotatable bonds is 5. The second-order valence-corrected chi connectivity index (χ2v) is 9.51. The van der Waals surface area contributed by atoms with E-state index in [1.54, 1.807) is 12.1 Å². The lowest BCUT2D eigenvalue weighted by atomic mass is 9.86. The normalized spacial score (nSPS) is 17.3. The number of fused-ring (bicyclic) bond motifs is 5. The van der Waals surface area contributed by atoms with Gasteiger partial charge in [0.2, 0.25) is 0 Å². The molecular weight excluding hydrogens is 460 g/mol. The van der Waals surface area contributed by atoms with E-state index in [9.17, 15) is 13.9 Å². The van der Waals surface area contributed by atoms with Crippen LogP contribution in [0.1, 0.15) is 36.5 Å². The van der Waals surface area contributed by atoms with Crippen molar-refractivity contribution in [1.29, 1.82) is 0 Å². The van der Waals surface area contributed by atoms with Crippen LogP contribution >= 0.6 is 0 Å². The molecule has 36 heavy (non-hydrogen) atoms. The molecule has 4 aromatic carbocycles. The second-order valence-electron chi connectivity index (χ2n) is 9.51. The lowest BCUT2D eigenvalue weighted by Crippen LogP contribution is -2.33. The predicted octanol–water partition coefficient (Wildman–Crippen LogP) is 6.84. The van der Waals surface area contributed by atoms with Gasteiger partial charge in [-0.2, -0.15) is 0 Å². The Morgan fingerprint density at radius 2 is 1.69 bits per heavy atom. The van der Waals surface area contributed by atoms with Gasteiger partial charge in [0.15, 0.2) is 17.7 Å². The highest BCUT2D eigenvalue weighted by atomic mass is 19.1. The summed E-state index contributed by atoms with van der Waals surface area (Å²) >= 11 is 0. The average molecular weight is 488 g/mol. The third-order valence-electron chi connectivity index (χ3n) is 7.15. The smallest absolute Gasteiger partial charge is 0.168 e. The first-order chi connectivity index (χ1) is 17.6. The summed E-state index contributed by atoms with van der Waals surface area (Å²) in [6, 6.07) is 18.6. The molecule has 0 aromatic heterocycles. The van der Waals surface area contributed by atoms with Gasteiger partial charge in [0.1, 0.15) is 23.9 Å². The average Bonchev–Trinajstić information content (AvgIpc) is 2.89. The van der Waals surface area contributed by atoms with E-state index >= 15 is 0 Å². The summed E-state index contributed by atoms with van der Waals surface area (Å²) in [4.78, 5) is 2.43. The maximum Gasteiger partial charge on any atom is 0.168 e. The molecule has 1 saturated heterocycles. The van der Waals surface area contributed by atoms with E-state index in [-0.39, 0.29) is 11.5 Å². The molecule has 1 fully saturated rings. The van der Waals surface area contributed by atoms with Crippen molar-refractivity contribution in [2.75, 3.05) is 26.2 Å². The van der Waals surface area contributed by atoms with E-state index in [2.05, 4.69) is 4.90 Å². The Hall–Kier alpha value is -3.64. The number of benzene rings is 4. The summed E-state index contributed by atoms with van der Waals surface area (Å²) in [5.41, 5.74) is 2.73. The van der Waals surface area contributed by atoms with Crippen molar-refractivity contribution in [2.24, 2.45) is 0 Å². The van der Waals surface area contributed by atoms with Gasteiger partial charge in [0.25, 0.3) is 0 Å². The molecule has 0 saturated carbocycles. The van der Waals surface area contributed by atoms with E-state index in [4.69, 9.17) is 9.47 Å². The molecule has 6 rings (SSSR count). The Kier molecular flexibility index (Phi) is 5.97. The van der Waals surface area contributed by atoms with E-state index < -0.39 is 17.7 Å². The van der Waals surface area contributed by atoms with Gasteiger partial charge in [0, 0.05) is 23.7 Å². The first-order valence-corrected chi connectivity index (χ1v) is 12.4. The topological polar surface area (TPSA) is 41.9 Å². The third kappa shape index (κ3) is 4.26. The van der Waals surface area contributed by atoms with Gasteiger partial charge in [-0.15, -0.1) is 0 Å². The quantitative estimate of drug-likeness (QED) is 0.335. The number of phenols is 1. The molecule has 1 N–H and O–H groups in total. The number of likely N-dealkylation sites (tertiary alicyclic amines) is 1. The van der Waals surface area contributed by atoms with Gasteiger partial charge >= 0.3 is 0 Å². The Balaban J connectivity index is 1.34. The van der Waals surface area contributed by atoms with E-state index in [1.807, 2.05) is 42.5 Å². The highest BCUT2D eigenvalue weighted by Crippen LogP contribution is 2.49. The molecule has 0 bridgehead atoms. The van der Waals surface area contributed by atoms with Crippen LogP contribution in [0.2, 0.25) is 0 Å². The van der Waals surface area contributed by atoms with Crippen molar-refractivity contribution in [3.8, 4) is 28.4 Å². The third-order valence-corrected chi connectivity index (χ3v) is 7.15. The van der Waals surface area contributed by atoms with Gasteiger partial charge in [-0.3, -0.25) is 4.90 Å². The Morgan fingerprint density at radius 3 is 2.50 bits per heavy atom. The van der Waals surface area contributed by atoms with Gasteiger partial charge in [-0.25, -0.2) is 8.78 Å². The minimum atomic E-state index is -0.732. The van der Waals surface area contributed by atoms with Crippen molar-refractivity contribution in [1.82, 2.24) is 4.90 Å². The SMILES string of the molecule is Oc1ccc2c3c(ccc2c1)-c1cc(F)cc(F)c1O[C@@H]3c1ccc(OCCN2CCCCC2)cc1. The molecule has 1 atom stereocenters. The molecule has 0 spiro atoms. The molecule has 2 aliphatic rings. The van der Waals surface area contributed by atoms with Crippen LogP contribution in [0, 0.1) is 11.6 Å². The Bertz CT molecular complexity index is 1410. The number of piperidine rings is 1. The zero-order valence-corrected chi connectivity index (χ0v) is 19.8. The van der Waals surface area contributed by atoms with Gasteiger partial charge in [-0.05, 0) is 78.2 Å². The van der Waals surface area contributed by atoms with Crippen molar-refractivity contribution >= 4 is 10.8 Å². The molecule has 0 aliphatic carbocycles. The zero-order chi connectivity index (χ0) is 24.6. The number of hydrogen-bond donors (Lipinski definition) is 1. The predicted molar refractivity (Wildman–Crippen MR) is 136 cm³/mol. The van der Waals surface area contributed by atoms with Gasteiger partial charge < -0.3 is 14.6 Å². The lowest BCUT2D eigenvalue weighted by molar-refractivity contribution is 0.183. The fourth-order valence-corrected chi connectivity index (χ4v) is 5.36. The summed E-state index contributed by atoms with van der Waals surface area (Å²) < 4.78 is 41.2. The second kappa shape index (κ2) is 9.43. The minimum absolute atomic E-state index is 0.0360. The largest absolute Gasteiger partial charge is 0.508 e. The van der Waals surface area contributed by atoms with Crippen LogP contribution in [0.4, 0.5) is 8.78 Å². The molecule has 4 aromatic rings. The number of halogens is 2. The zero-order valence-electron chi connectivity index (χ0n) is 19.8. The van der Waals surface area contributed by atoms with Crippen LogP contribution in [-0.4, -0.2) is 36.2 Å². The maximum atomic E-state index is 14.8. The Morgan fingerprint density at radius 1 is 0.889 bits per heavy atom. The monoisotopic (exact) mass is 487 g/mol.